The fourth-order valence-electron chi connectivity index (χ4n) is 3.91. The molecule has 1 heterocycles. The van der Waals surface area contributed by atoms with E-state index in [0.29, 0.717) is 29.2 Å². The fourth-order valence-corrected chi connectivity index (χ4v) is 3.91. The molecular weight excluding hydrogens is 509 g/mol. The van der Waals surface area contributed by atoms with Gasteiger partial charge < -0.3 is 14.8 Å². The number of nitrogens with one attached hydrogen (secondary N) is 1. The molecule has 0 bridgehead atoms. The molecule has 0 aliphatic carbocycles. The number of pyridine rings is 1. The van der Waals surface area contributed by atoms with E-state index >= 15 is 0 Å². The van der Waals surface area contributed by atoms with Crippen molar-refractivity contribution in [2.75, 3.05) is 20.3 Å². The van der Waals surface area contributed by atoms with Crippen LogP contribution in [0.3, 0.4) is 0 Å². The molecule has 0 unspecified atom stereocenters. The lowest BCUT2D eigenvalue weighted by molar-refractivity contribution is -0.140. The average molecular weight is 543 g/mol. The van der Waals surface area contributed by atoms with Crippen molar-refractivity contribution in [2.45, 2.75) is 51.1 Å². The van der Waals surface area contributed by atoms with Crippen molar-refractivity contribution >= 4 is 11.9 Å². The molecule has 3 aromatic rings. The van der Waals surface area contributed by atoms with Crippen molar-refractivity contribution in [2.24, 2.45) is 0 Å². The van der Waals surface area contributed by atoms with Crippen molar-refractivity contribution in [3.05, 3.63) is 83.6 Å². The maximum absolute atomic E-state index is 12.7. The van der Waals surface area contributed by atoms with E-state index in [4.69, 9.17) is 4.74 Å². The van der Waals surface area contributed by atoms with Crippen LogP contribution < -0.4 is 10.1 Å². The van der Waals surface area contributed by atoms with Gasteiger partial charge >= 0.3 is 12.1 Å². The van der Waals surface area contributed by atoms with Gasteiger partial charge in [0.2, 0.25) is 0 Å². The highest BCUT2D eigenvalue weighted by Gasteiger charge is 2.30. The first-order chi connectivity index (χ1) is 18.8. The predicted molar refractivity (Wildman–Crippen MR) is 142 cm³/mol. The molecule has 6 nitrogen and oxygen atoms in total. The molecule has 208 valence electrons. The van der Waals surface area contributed by atoms with Crippen LogP contribution in [0.15, 0.2) is 66.9 Å². The van der Waals surface area contributed by atoms with Crippen molar-refractivity contribution < 1.29 is 32.2 Å². The summed E-state index contributed by atoms with van der Waals surface area (Å²) in [5.74, 6) is 0.0768. The number of hydrogen-bond donors (Lipinski definition) is 1. The number of carbonyl (C=O) groups excluding carboxylic acids is 2. The number of aromatic nitrogens is 1. The quantitative estimate of drug-likeness (QED) is 0.183. The second-order valence-corrected chi connectivity index (χ2v) is 9.10. The molecule has 0 saturated heterocycles. The number of nitrogens with zero attached hydrogens (tertiary/aromatic N) is 1. The van der Waals surface area contributed by atoms with Gasteiger partial charge in [-0.1, -0.05) is 37.5 Å². The summed E-state index contributed by atoms with van der Waals surface area (Å²) in [6.07, 6.45) is 3.66. The van der Waals surface area contributed by atoms with Gasteiger partial charge in [0.15, 0.2) is 0 Å². The highest BCUT2D eigenvalue weighted by atomic mass is 19.4. The molecular formula is C30H33F3N2O4. The number of amides is 1. The van der Waals surface area contributed by atoms with Crippen LogP contribution in [0.2, 0.25) is 0 Å². The van der Waals surface area contributed by atoms with E-state index in [2.05, 4.69) is 15.0 Å². The Labute approximate surface area is 226 Å². The summed E-state index contributed by atoms with van der Waals surface area (Å²) in [6, 6.07) is 15.8. The first-order valence-electron chi connectivity index (χ1n) is 13.0. The van der Waals surface area contributed by atoms with Crippen LogP contribution in [0.1, 0.15) is 60.0 Å². The molecule has 39 heavy (non-hydrogen) atoms. The number of unbranched alkanes of at least 4 members (excludes halogenated alkanes) is 4. The summed E-state index contributed by atoms with van der Waals surface area (Å²) in [5, 5.41) is 2.67. The molecule has 0 spiro atoms. The number of rotatable bonds is 14. The molecule has 1 aromatic heterocycles. The van der Waals surface area contributed by atoms with E-state index in [1.54, 1.807) is 30.5 Å². The predicted octanol–water partition coefficient (Wildman–Crippen LogP) is 6.63. The number of carbonyl (C=O) groups is 2. The van der Waals surface area contributed by atoms with Gasteiger partial charge in [0.1, 0.15) is 5.75 Å². The highest BCUT2D eigenvalue weighted by Crippen LogP contribution is 2.30. The van der Waals surface area contributed by atoms with Crippen LogP contribution in [0, 0.1) is 0 Å². The zero-order valence-electron chi connectivity index (χ0n) is 21.9. The zero-order valence-corrected chi connectivity index (χ0v) is 21.9. The number of hydrogen-bond acceptors (Lipinski definition) is 5. The number of methoxy groups -OCH3 is 1. The average Bonchev–Trinajstić information content (AvgIpc) is 2.94. The van der Waals surface area contributed by atoms with E-state index in [1.807, 2.05) is 12.1 Å². The van der Waals surface area contributed by atoms with Crippen LogP contribution in [0.4, 0.5) is 13.2 Å². The molecule has 1 N–H and O–H groups in total. The fraction of sp³-hybridized carbons (Fsp3) is 0.367. The molecule has 0 aliphatic rings. The number of benzene rings is 2. The summed E-state index contributed by atoms with van der Waals surface area (Å²) >= 11 is 0. The third-order valence-corrected chi connectivity index (χ3v) is 6.17. The SMILES string of the molecule is COC(=O)CCNC(=O)c1ccc(OCCCCCCCc2ccc(-c3ccc(C(F)(F)F)cc3)nc2)cc1. The molecule has 0 aliphatic heterocycles. The van der Waals surface area contributed by atoms with E-state index in [9.17, 15) is 22.8 Å². The molecule has 2 aromatic carbocycles. The van der Waals surface area contributed by atoms with Gasteiger partial charge in [-0.15, -0.1) is 0 Å². The van der Waals surface area contributed by atoms with Crippen LogP contribution in [0.25, 0.3) is 11.3 Å². The minimum Gasteiger partial charge on any atom is -0.494 e. The molecule has 0 saturated carbocycles. The number of aryl methyl sites for hydroxylation is 1. The standard InChI is InChI=1S/C30H33F3N2O4/c1-38-28(36)18-19-34-29(37)24-11-15-26(16-12-24)39-20-6-4-2-3-5-7-22-8-17-27(35-21-22)23-9-13-25(14-10-23)30(31,32)33/h8-17,21H,2-7,18-20H2,1H3,(H,34,37). The van der Waals surface area contributed by atoms with Crippen LogP contribution in [-0.4, -0.2) is 37.1 Å². The highest BCUT2D eigenvalue weighted by molar-refractivity contribution is 5.94. The summed E-state index contributed by atoms with van der Waals surface area (Å²) < 4.78 is 48.5. The maximum Gasteiger partial charge on any atom is 0.416 e. The summed E-state index contributed by atoms with van der Waals surface area (Å²) in [5.41, 5.74) is 2.25. The molecule has 0 fully saturated rings. The van der Waals surface area contributed by atoms with Crippen LogP contribution >= 0.6 is 0 Å². The Hall–Kier alpha value is -3.88. The Balaban J connectivity index is 1.26. The number of alkyl halides is 3. The normalized spacial score (nSPS) is 11.2. The monoisotopic (exact) mass is 542 g/mol. The second-order valence-electron chi connectivity index (χ2n) is 9.10. The Morgan fingerprint density at radius 1 is 0.872 bits per heavy atom. The lowest BCUT2D eigenvalue weighted by Gasteiger charge is -2.08. The lowest BCUT2D eigenvalue weighted by Crippen LogP contribution is -2.26. The third kappa shape index (κ3) is 10.1. The Kier molecular flexibility index (Phi) is 11.3. The minimum absolute atomic E-state index is 0.127. The van der Waals surface area contributed by atoms with Crippen molar-refractivity contribution in [1.82, 2.24) is 10.3 Å². The smallest absolute Gasteiger partial charge is 0.416 e. The molecule has 1 amide bonds. The Bertz CT molecular complexity index is 1180. The number of halogens is 3. The van der Waals surface area contributed by atoms with Gasteiger partial charge in [-0.3, -0.25) is 14.6 Å². The largest absolute Gasteiger partial charge is 0.494 e. The summed E-state index contributed by atoms with van der Waals surface area (Å²) in [4.78, 5) is 27.6. The van der Waals surface area contributed by atoms with Crippen LogP contribution in [-0.2, 0) is 22.1 Å². The lowest BCUT2D eigenvalue weighted by atomic mass is 10.0. The topological polar surface area (TPSA) is 77.5 Å². The summed E-state index contributed by atoms with van der Waals surface area (Å²) in [6.45, 7) is 0.818. The summed E-state index contributed by atoms with van der Waals surface area (Å²) in [7, 11) is 1.31. The zero-order chi connectivity index (χ0) is 28.1. The van der Waals surface area contributed by atoms with Gasteiger partial charge in [0, 0.05) is 23.9 Å². The maximum atomic E-state index is 12.7. The van der Waals surface area contributed by atoms with E-state index < -0.39 is 11.7 Å². The van der Waals surface area contributed by atoms with E-state index in [-0.39, 0.29) is 24.8 Å². The van der Waals surface area contributed by atoms with Crippen molar-refractivity contribution in [3.63, 3.8) is 0 Å². The first kappa shape index (κ1) is 29.7. The number of ether oxygens (including phenoxy) is 2. The van der Waals surface area contributed by atoms with Gasteiger partial charge in [0.05, 0.1) is 31.4 Å². The minimum atomic E-state index is -4.34. The van der Waals surface area contributed by atoms with Crippen molar-refractivity contribution in [1.29, 1.82) is 0 Å². The number of esters is 1. The van der Waals surface area contributed by atoms with Crippen LogP contribution in [0.5, 0.6) is 5.75 Å². The first-order valence-corrected chi connectivity index (χ1v) is 13.0. The Morgan fingerprint density at radius 2 is 1.56 bits per heavy atom. The molecule has 0 atom stereocenters. The van der Waals surface area contributed by atoms with Gasteiger partial charge in [-0.05, 0) is 67.3 Å². The molecule has 3 rings (SSSR count). The van der Waals surface area contributed by atoms with E-state index in [0.717, 1.165) is 56.2 Å². The Morgan fingerprint density at radius 3 is 2.21 bits per heavy atom. The molecule has 9 heteroatoms. The van der Waals surface area contributed by atoms with Gasteiger partial charge in [-0.25, -0.2) is 0 Å². The van der Waals surface area contributed by atoms with Crippen molar-refractivity contribution in [3.8, 4) is 17.0 Å². The second kappa shape index (κ2) is 14.9. The third-order valence-electron chi connectivity index (χ3n) is 6.17. The van der Waals surface area contributed by atoms with Gasteiger partial charge in [-0.2, -0.15) is 13.2 Å². The van der Waals surface area contributed by atoms with E-state index in [1.165, 1.54) is 19.2 Å². The molecule has 0 radical (unpaired) electrons. The van der Waals surface area contributed by atoms with Gasteiger partial charge in [0.25, 0.3) is 5.91 Å².